The number of piperidine rings is 1. The number of hydrogen-bond donors (Lipinski definition) is 1. The second-order valence-electron chi connectivity index (χ2n) is 6.34. The Morgan fingerprint density at radius 1 is 1.24 bits per heavy atom. The molecule has 2 rings (SSSR count). The fraction of sp³-hybridized carbons (Fsp3) is 0.923. The number of hydrogen-bond acceptors (Lipinski definition) is 4. The van der Waals surface area contributed by atoms with Gasteiger partial charge in [-0.25, -0.2) is 0 Å². The van der Waals surface area contributed by atoms with E-state index in [9.17, 15) is 18.3 Å². The third-order valence-electron chi connectivity index (χ3n) is 4.36. The Balaban J connectivity index is 2.16. The summed E-state index contributed by atoms with van der Waals surface area (Å²) in [4.78, 5) is 11.2. The van der Waals surface area contributed by atoms with Crippen LogP contribution in [-0.2, 0) is 19.7 Å². The smallest absolute Gasteiger partial charge is 0.310 e. The molecule has 4 unspecified atom stereocenters. The zero-order valence-electron chi connectivity index (χ0n) is 12.7. The van der Waals surface area contributed by atoms with E-state index < -0.39 is 28.1 Å². The van der Waals surface area contributed by atoms with Crippen LogP contribution in [-0.4, -0.2) is 67.5 Å². The Morgan fingerprint density at radius 2 is 1.81 bits per heavy atom. The summed E-state index contributed by atoms with van der Waals surface area (Å²) in [6.07, 6.45) is 1.01. The van der Waals surface area contributed by atoms with Crippen molar-refractivity contribution in [3.8, 4) is 0 Å². The van der Waals surface area contributed by atoms with Crippen molar-refractivity contribution in [3.63, 3.8) is 0 Å². The lowest BCUT2D eigenvalue weighted by molar-refractivity contribution is -0.142. The Morgan fingerprint density at radius 3 is 2.33 bits per heavy atom. The number of aliphatic carboxylic acids is 1. The maximum absolute atomic E-state index is 12.7. The minimum Gasteiger partial charge on any atom is -0.481 e. The molecular formula is C13H24N2O5S. The molecule has 8 heteroatoms. The first-order valence-electron chi connectivity index (χ1n) is 7.27. The molecule has 0 radical (unpaired) electrons. The van der Waals surface area contributed by atoms with Gasteiger partial charge in [0.15, 0.2) is 0 Å². The van der Waals surface area contributed by atoms with E-state index in [1.807, 2.05) is 13.8 Å². The van der Waals surface area contributed by atoms with Gasteiger partial charge in [0.2, 0.25) is 0 Å². The van der Waals surface area contributed by atoms with Crippen LogP contribution in [0.1, 0.15) is 20.3 Å². The number of likely N-dealkylation sites (N-methyl/N-ethyl adjacent to an activating group) is 1. The molecule has 0 aliphatic carbocycles. The molecule has 1 N–H and O–H groups in total. The fourth-order valence-electron chi connectivity index (χ4n) is 3.28. The van der Waals surface area contributed by atoms with Crippen molar-refractivity contribution < 1.29 is 23.1 Å². The lowest BCUT2D eigenvalue weighted by atomic mass is 9.94. The summed E-state index contributed by atoms with van der Waals surface area (Å²) in [5, 5.41) is 9.18. The molecule has 0 amide bonds. The molecule has 2 saturated heterocycles. The fourth-order valence-corrected chi connectivity index (χ4v) is 5.08. The van der Waals surface area contributed by atoms with Crippen LogP contribution in [0.25, 0.3) is 0 Å². The average Bonchev–Trinajstić information content (AvgIpc) is 2.85. The summed E-state index contributed by atoms with van der Waals surface area (Å²) < 4.78 is 33.3. The van der Waals surface area contributed by atoms with Gasteiger partial charge in [-0.1, -0.05) is 13.8 Å². The molecule has 0 aromatic carbocycles. The van der Waals surface area contributed by atoms with E-state index in [1.54, 1.807) is 0 Å². The first kappa shape index (κ1) is 16.7. The van der Waals surface area contributed by atoms with Crippen molar-refractivity contribution in [2.45, 2.75) is 26.3 Å². The van der Waals surface area contributed by atoms with Crippen LogP contribution in [0.4, 0.5) is 0 Å². The van der Waals surface area contributed by atoms with E-state index in [4.69, 9.17) is 4.74 Å². The lowest BCUT2D eigenvalue weighted by Gasteiger charge is -2.38. The number of rotatable bonds is 4. The van der Waals surface area contributed by atoms with Crippen LogP contribution in [0.5, 0.6) is 0 Å². The van der Waals surface area contributed by atoms with Crippen LogP contribution in [0.2, 0.25) is 0 Å². The van der Waals surface area contributed by atoms with Crippen LogP contribution in [0, 0.1) is 17.8 Å². The van der Waals surface area contributed by atoms with Crippen LogP contribution in [0.3, 0.4) is 0 Å². The van der Waals surface area contributed by atoms with Crippen molar-refractivity contribution in [2.75, 3.05) is 33.4 Å². The van der Waals surface area contributed by atoms with Crippen molar-refractivity contribution in [3.05, 3.63) is 0 Å². The van der Waals surface area contributed by atoms with Crippen LogP contribution >= 0.6 is 0 Å². The monoisotopic (exact) mass is 320 g/mol. The predicted molar refractivity (Wildman–Crippen MR) is 76.9 cm³/mol. The highest BCUT2D eigenvalue weighted by Gasteiger charge is 2.43. The predicted octanol–water partition coefficient (Wildman–Crippen LogP) is 0.241. The quantitative estimate of drug-likeness (QED) is 0.802. The zero-order valence-corrected chi connectivity index (χ0v) is 13.5. The van der Waals surface area contributed by atoms with Gasteiger partial charge in [-0.05, 0) is 18.3 Å². The SMILES string of the molecule is CC1CC(C)CN(S(=O)(=O)N(C)C2COCC2C(=O)O)C1. The van der Waals surface area contributed by atoms with Gasteiger partial charge in [-0.15, -0.1) is 0 Å². The van der Waals surface area contributed by atoms with Gasteiger partial charge in [-0.3, -0.25) is 4.79 Å². The zero-order chi connectivity index (χ0) is 15.8. The number of nitrogens with zero attached hydrogens (tertiary/aromatic N) is 2. The first-order chi connectivity index (χ1) is 9.73. The summed E-state index contributed by atoms with van der Waals surface area (Å²) in [7, 11) is -2.20. The van der Waals surface area contributed by atoms with E-state index >= 15 is 0 Å². The van der Waals surface area contributed by atoms with Gasteiger partial charge in [-0.2, -0.15) is 17.0 Å². The largest absolute Gasteiger partial charge is 0.481 e. The average molecular weight is 320 g/mol. The number of carboxylic acids is 1. The third kappa shape index (κ3) is 3.39. The van der Waals surface area contributed by atoms with E-state index in [-0.39, 0.29) is 13.2 Å². The molecule has 4 atom stereocenters. The number of carboxylic acid groups (broad SMARTS) is 1. The van der Waals surface area contributed by atoms with Crippen LogP contribution < -0.4 is 0 Å². The third-order valence-corrected chi connectivity index (χ3v) is 6.31. The molecule has 0 spiro atoms. The topological polar surface area (TPSA) is 87.2 Å². The lowest BCUT2D eigenvalue weighted by Crippen LogP contribution is -2.53. The minimum atomic E-state index is -3.65. The standard InChI is InChI=1S/C13H24N2O5S/c1-9-4-10(2)6-15(5-9)21(18,19)14(3)12-8-20-7-11(12)13(16)17/h9-12H,4-8H2,1-3H3,(H,16,17). The minimum absolute atomic E-state index is 0.0622. The van der Waals surface area contributed by atoms with Crippen molar-refractivity contribution >= 4 is 16.2 Å². The molecule has 2 aliphatic heterocycles. The van der Waals surface area contributed by atoms with Crippen molar-refractivity contribution in [2.24, 2.45) is 17.8 Å². The van der Waals surface area contributed by atoms with E-state index in [0.717, 1.165) is 6.42 Å². The molecule has 7 nitrogen and oxygen atoms in total. The molecular weight excluding hydrogens is 296 g/mol. The van der Waals surface area contributed by atoms with Gasteiger partial charge in [0, 0.05) is 20.1 Å². The molecule has 122 valence electrons. The first-order valence-corrected chi connectivity index (χ1v) is 8.66. The van der Waals surface area contributed by atoms with Crippen molar-refractivity contribution in [1.29, 1.82) is 0 Å². The number of carbonyl (C=O) groups is 1. The van der Waals surface area contributed by atoms with Gasteiger partial charge in [0.1, 0.15) is 0 Å². The molecule has 0 saturated carbocycles. The Labute approximate surface area is 126 Å². The normalized spacial score (nSPS) is 35.2. The highest BCUT2D eigenvalue weighted by molar-refractivity contribution is 7.86. The van der Waals surface area contributed by atoms with Crippen LogP contribution in [0.15, 0.2) is 0 Å². The molecule has 2 aliphatic rings. The molecule has 2 heterocycles. The summed E-state index contributed by atoms with van der Waals surface area (Å²) in [5.74, 6) is -1.19. The van der Waals surface area contributed by atoms with Gasteiger partial charge >= 0.3 is 5.97 Å². The summed E-state index contributed by atoms with van der Waals surface area (Å²) >= 11 is 0. The maximum Gasteiger partial charge on any atom is 0.310 e. The van der Waals surface area contributed by atoms with E-state index in [0.29, 0.717) is 24.9 Å². The second-order valence-corrected chi connectivity index (χ2v) is 8.32. The Bertz CT molecular complexity index is 485. The summed E-state index contributed by atoms with van der Waals surface area (Å²) in [6, 6.07) is -0.639. The summed E-state index contributed by atoms with van der Waals surface area (Å²) in [6.45, 7) is 5.25. The summed E-state index contributed by atoms with van der Waals surface area (Å²) in [5.41, 5.74) is 0. The Kier molecular flexibility index (Phi) is 4.92. The van der Waals surface area contributed by atoms with Gasteiger partial charge in [0.05, 0.1) is 25.2 Å². The molecule has 0 aromatic rings. The molecule has 2 fully saturated rings. The highest BCUT2D eigenvalue weighted by Crippen LogP contribution is 2.27. The van der Waals surface area contributed by atoms with Gasteiger partial charge < -0.3 is 9.84 Å². The van der Waals surface area contributed by atoms with Gasteiger partial charge in [0.25, 0.3) is 10.2 Å². The number of ether oxygens (including phenoxy) is 1. The molecule has 0 bridgehead atoms. The highest BCUT2D eigenvalue weighted by atomic mass is 32.2. The van der Waals surface area contributed by atoms with Crippen molar-refractivity contribution in [1.82, 2.24) is 8.61 Å². The molecule has 0 aromatic heterocycles. The molecule has 21 heavy (non-hydrogen) atoms. The second kappa shape index (κ2) is 6.20. The van der Waals surface area contributed by atoms with E-state index in [1.165, 1.54) is 15.7 Å². The maximum atomic E-state index is 12.7. The van der Waals surface area contributed by atoms with E-state index in [2.05, 4.69) is 0 Å². The Hall–Kier alpha value is -0.700.